The second kappa shape index (κ2) is 9.14. The summed E-state index contributed by atoms with van der Waals surface area (Å²) >= 11 is 1.04. The molecule has 1 aliphatic heterocycles. The normalized spacial score (nSPS) is 15.5. The van der Waals surface area contributed by atoms with Crippen LogP contribution in [0, 0.1) is 12.8 Å². The molecule has 2 rings (SSSR count). The maximum Gasteiger partial charge on any atom is 0.348 e. The number of nitrogens with zero attached hydrogens (tertiary/aromatic N) is 1. The second-order valence-corrected chi connectivity index (χ2v) is 7.50. The number of hydrogen-bond donors (Lipinski definition) is 1. The molecule has 1 fully saturated rings. The molecule has 0 radical (unpaired) electrons. The van der Waals surface area contributed by atoms with E-state index in [4.69, 9.17) is 9.47 Å². The van der Waals surface area contributed by atoms with Gasteiger partial charge in [0.1, 0.15) is 9.88 Å². The first-order valence-electron chi connectivity index (χ1n) is 8.78. The van der Waals surface area contributed by atoms with Gasteiger partial charge in [0.05, 0.1) is 25.8 Å². The Morgan fingerprint density at radius 3 is 2.46 bits per heavy atom. The number of carbonyl (C=O) groups excluding carboxylic acids is 3. The Balaban J connectivity index is 2.16. The first kappa shape index (κ1) is 20.4. The van der Waals surface area contributed by atoms with Gasteiger partial charge in [0.25, 0.3) is 0 Å². The van der Waals surface area contributed by atoms with Crippen LogP contribution in [0.1, 0.15) is 52.3 Å². The molecule has 8 heteroatoms. The van der Waals surface area contributed by atoms with E-state index in [0.717, 1.165) is 37.3 Å². The summed E-state index contributed by atoms with van der Waals surface area (Å²) in [6.45, 7) is 7.84. The van der Waals surface area contributed by atoms with E-state index in [-0.39, 0.29) is 24.6 Å². The SMILES string of the molecule is CCOC(=O)c1sc(NC(=O)CN2CCC(C)CC2)c(C(=O)OC)c1C. The lowest BCUT2D eigenvalue weighted by atomic mass is 9.99. The highest BCUT2D eigenvalue weighted by Crippen LogP contribution is 2.34. The Bertz CT molecular complexity index is 677. The lowest BCUT2D eigenvalue weighted by molar-refractivity contribution is -0.117. The van der Waals surface area contributed by atoms with Gasteiger partial charge in [0.15, 0.2) is 0 Å². The van der Waals surface area contributed by atoms with Crippen LogP contribution in [0.4, 0.5) is 5.00 Å². The van der Waals surface area contributed by atoms with Gasteiger partial charge >= 0.3 is 11.9 Å². The monoisotopic (exact) mass is 382 g/mol. The summed E-state index contributed by atoms with van der Waals surface area (Å²) in [5.74, 6) is -0.615. The summed E-state index contributed by atoms with van der Waals surface area (Å²) in [5.41, 5.74) is 0.670. The third kappa shape index (κ3) is 4.82. The molecule has 0 spiro atoms. The minimum atomic E-state index is -0.587. The molecule has 26 heavy (non-hydrogen) atoms. The molecular formula is C18H26N2O5S. The van der Waals surface area contributed by atoms with Crippen LogP contribution in [0.3, 0.4) is 0 Å². The number of esters is 2. The number of methoxy groups -OCH3 is 1. The summed E-state index contributed by atoms with van der Waals surface area (Å²) in [7, 11) is 1.27. The zero-order valence-corrected chi connectivity index (χ0v) is 16.5. The number of anilines is 1. The highest BCUT2D eigenvalue weighted by molar-refractivity contribution is 7.18. The van der Waals surface area contributed by atoms with Crippen LogP contribution < -0.4 is 5.32 Å². The highest BCUT2D eigenvalue weighted by atomic mass is 32.1. The van der Waals surface area contributed by atoms with E-state index in [1.807, 2.05) is 0 Å². The van der Waals surface area contributed by atoms with Gasteiger partial charge in [0, 0.05) is 0 Å². The van der Waals surface area contributed by atoms with Crippen molar-refractivity contribution in [1.82, 2.24) is 4.90 Å². The van der Waals surface area contributed by atoms with Gasteiger partial charge in [0.2, 0.25) is 5.91 Å². The quantitative estimate of drug-likeness (QED) is 0.762. The number of ether oxygens (including phenoxy) is 2. The predicted octanol–water partition coefficient (Wildman–Crippen LogP) is 2.69. The zero-order valence-electron chi connectivity index (χ0n) is 15.7. The fraction of sp³-hybridized carbons (Fsp3) is 0.611. The van der Waals surface area contributed by atoms with Crippen molar-refractivity contribution in [3.63, 3.8) is 0 Å². The molecule has 1 N–H and O–H groups in total. The minimum Gasteiger partial charge on any atom is -0.465 e. The predicted molar refractivity (Wildman–Crippen MR) is 99.8 cm³/mol. The van der Waals surface area contributed by atoms with E-state index in [1.165, 1.54) is 7.11 Å². The summed E-state index contributed by atoms with van der Waals surface area (Å²) in [6, 6.07) is 0. The molecule has 0 bridgehead atoms. The Morgan fingerprint density at radius 2 is 1.88 bits per heavy atom. The number of amides is 1. The molecule has 0 atom stereocenters. The Morgan fingerprint density at radius 1 is 1.23 bits per heavy atom. The molecule has 1 amide bonds. The lowest BCUT2D eigenvalue weighted by Crippen LogP contribution is -2.38. The number of thiophene rings is 1. The van der Waals surface area contributed by atoms with E-state index in [1.54, 1.807) is 13.8 Å². The van der Waals surface area contributed by atoms with E-state index in [2.05, 4.69) is 17.1 Å². The number of nitrogens with one attached hydrogen (secondary N) is 1. The topological polar surface area (TPSA) is 84.9 Å². The molecule has 0 aliphatic carbocycles. The first-order chi connectivity index (χ1) is 12.4. The number of piperidine rings is 1. The van der Waals surface area contributed by atoms with Crippen molar-refractivity contribution in [3.05, 3.63) is 16.0 Å². The van der Waals surface area contributed by atoms with Gasteiger partial charge in [-0.25, -0.2) is 9.59 Å². The van der Waals surface area contributed by atoms with Gasteiger partial charge in [-0.05, 0) is 51.3 Å². The standard InChI is InChI=1S/C18H26N2O5S/c1-5-25-18(23)15-12(3)14(17(22)24-4)16(26-15)19-13(21)10-20-8-6-11(2)7-9-20/h11H,5-10H2,1-4H3,(H,19,21). The van der Waals surface area contributed by atoms with Crippen molar-refractivity contribution in [2.24, 2.45) is 5.92 Å². The van der Waals surface area contributed by atoms with Crippen molar-refractivity contribution in [3.8, 4) is 0 Å². The van der Waals surface area contributed by atoms with Crippen LogP contribution in [0.25, 0.3) is 0 Å². The highest BCUT2D eigenvalue weighted by Gasteiger charge is 2.27. The smallest absolute Gasteiger partial charge is 0.348 e. The van der Waals surface area contributed by atoms with Crippen LogP contribution in [-0.2, 0) is 14.3 Å². The lowest BCUT2D eigenvalue weighted by Gasteiger charge is -2.29. The molecule has 2 heterocycles. The number of hydrogen-bond acceptors (Lipinski definition) is 7. The molecule has 0 saturated carbocycles. The van der Waals surface area contributed by atoms with Crippen LogP contribution in [0.15, 0.2) is 0 Å². The Labute approximate surface area is 157 Å². The molecule has 1 aliphatic rings. The molecule has 1 aromatic rings. The average molecular weight is 382 g/mol. The van der Waals surface area contributed by atoms with E-state index < -0.39 is 11.9 Å². The summed E-state index contributed by atoms with van der Waals surface area (Å²) < 4.78 is 9.83. The molecule has 1 aromatic heterocycles. The average Bonchev–Trinajstić information content (AvgIpc) is 2.92. The maximum atomic E-state index is 12.4. The molecular weight excluding hydrogens is 356 g/mol. The number of likely N-dealkylation sites (tertiary alicyclic amines) is 1. The molecule has 144 valence electrons. The van der Waals surface area contributed by atoms with Crippen LogP contribution >= 0.6 is 11.3 Å². The Hall–Kier alpha value is -1.93. The van der Waals surface area contributed by atoms with Gasteiger partial charge in [-0.3, -0.25) is 9.69 Å². The van der Waals surface area contributed by atoms with Crippen molar-refractivity contribution in [1.29, 1.82) is 0 Å². The summed E-state index contributed by atoms with van der Waals surface area (Å²) in [6.07, 6.45) is 2.15. The van der Waals surface area contributed by atoms with Gasteiger partial charge < -0.3 is 14.8 Å². The maximum absolute atomic E-state index is 12.4. The van der Waals surface area contributed by atoms with Crippen LogP contribution in [-0.4, -0.2) is 56.1 Å². The van der Waals surface area contributed by atoms with E-state index in [0.29, 0.717) is 21.4 Å². The fourth-order valence-corrected chi connectivity index (χ4v) is 4.04. The number of carbonyl (C=O) groups is 3. The molecule has 7 nitrogen and oxygen atoms in total. The fourth-order valence-electron chi connectivity index (χ4n) is 2.93. The van der Waals surface area contributed by atoms with Crippen LogP contribution in [0.5, 0.6) is 0 Å². The van der Waals surface area contributed by atoms with Gasteiger partial charge in [-0.15, -0.1) is 11.3 Å². The molecule has 0 unspecified atom stereocenters. The van der Waals surface area contributed by atoms with Crippen molar-refractivity contribution in [2.45, 2.75) is 33.6 Å². The Kier molecular flexibility index (Phi) is 7.16. The third-order valence-electron chi connectivity index (χ3n) is 4.49. The largest absolute Gasteiger partial charge is 0.465 e. The van der Waals surface area contributed by atoms with E-state index in [9.17, 15) is 14.4 Å². The molecule has 1 saturated heterocycles. The van der Waals surface area contributed by atoms with Crippen molar-refractivity contribution >= 4 is 34.2 Å². The van der Waals surface area contributed by atoms with Crippen LogP contribution in [0.2, 0.25) is 0 Å². The molecule has 0 aromatic carbocycles. The third-order valence-corrected chi connectivity index (χ3v) is 5.68. The summed E-state index contributed by atoms with van der Waals surface area (Å²) in [5, 5.41) is 3.10. The van der Waals surface area contributed by atoms with Crippen molar-refractivity contribution < 1.29 is 23.9 Å². The second-order valence-electron chi connectivity index (χ2n) is 6.48. The zero-order chi connectivity index (χ0) is 19.3. The van der Waals surface area contributed by atoms with E-state index >= 15 is 0 Å². The van der Waals surface area contributed by atoms with Crippen molar-refractivity contribution in [2.75, 3.05) is 38.7 Å². The number of rotatable bonds is 6. The minimum absolute atomic E-state index is 0.207. The summed E-state index contributed by atoms with van der Waals surface area (Å²) in [4.78, 5) is 39.0. The first-order valence-corrected chi connectivity index (χ1v) is 9.60. The van der Waals surface area contributed by atoms with Gasteiger partial charge in [-0.2, -0.15) is 0 Å². The van der Waals surface area contributed by atoms with Gasteiger partial charge in [-0.1, -0.05) is 6.92 Å².